The van der Waals surface area contributed by atoms with Crippen molar-refractivity contribution >= 4 is 23.7 Å². The summed E-state index contributed by atoms with van der Waals surface area (Å²) in [6.07, 6.45) is 0.419. The van der Waals surface area contributed by atoms with Crippen molar-refractivity contribution in [3.05, 3.63) is 23.5 Å². The number of ketones is 1. The number of hydrogen-bond acceptors (Lipinski definition) is 5. The normalized spacial score (nSPS) is 12.0. The van der Waals surface area contributed by atoms with Crippen LogP contribution in [0.2, 0.25) is 0 Å². The molecule has 8 heteroatoms. The third-order valence-corrected chi connectivity index (χ3v) is 1.25. The van der Waals surface area contributed by atoms with Crippen molar-refractivity contribution in [2.24, 2.45) is 0 Å². The molecule has 0 saturated carbocycles. The Morgan fingerprint density at radius 1 is 0.750 bits per heavy atom. The molecule has 86 valence electrons. The van der Waals surface area contributed by atoms with Crippen molar-refractivity contribution in [3.8, 4) is 0 Å². The molecule has 0 rings (SSSR count). The highest BCUT2D eigenvalue weighted by Gasteiger charge is 2.19. The molecule has 0 atom stereocenters. The molecular weight excluding hydrogens is 224 g/mol. The number of Topliss-reactive ketones (excluding diaryl/α,β-unsaturated/α-hetero) is 1. The summed E-state index contributed by atoms with van der Waals surface area (Å²) in [6, 6.07) is 0. The Bertz CT molecular complexity index is 414. The molecule has 0 aromatic rings. The van der Waals surface area contributed by atoms with Crippen molar-refractivity contribution in [2.75, 3.05) is 0 Å². The SMILES string of the molecule is O=C(O)/C=C(\C=C(\O)C(=O)O)C(=O)C(=O)O. The second kappa shape index (κ2) is 5.29. The second-order valence-electron chi connectivity index (χ2n) is 2.41. The predicted octanol–water partition coefficient (Wildman–Crippen LogP) is -0.822. The highest BCUT2D eigenvalue weighted by Crippen LogP contribution is 2.03. The minimum Gasteiger partial charge on any atom is -0.502 e. The van der Waals surface area contributed by atoms with Crippen LogP contribution in [-0.2, 0) is 19.2 Å². The summed E-state index contributed by atoms with van der Waals surface area (Å²) in [4.78, 5) is 41.5. The van der Waals surface area contributed by atoms with Crippen molar-refractivity contribution in [2.45, 2.75) is 0 Å². The van der Waals surface area contributed by atoms with E-state index in [2.05, 4.69) is 0 Å². The first-order valence-corrected chi connectivity index (χ1v) is 3.62. The third-order valence-electron chi connectivity index (χ3n) is 1.25. The third kappa shape index (κ3) is 4.05. The first-order valence-electron chi connectivity index (χ1n) is 3.62. The molecule has 0 aromatic carbocycles. The molecule has 0 radical (unpaired) electrons. The Labute approximate surface area is 87.7 Å². The number of rotatable bonds is 5. The Hall–Kier alpha value is -2.64. The topological polar surface area (TPSA) is 149 Å². The highest BCUT2D eigenvalue weighted by molar-refractivity contribution is 6.41. The standard InChI is InChI=1S/C8H6O8/c9-4(7(13)14)1-3(2-5(10)11)6(12)8(15)16/h1-2,9H,(H,10,11)(H,13,14)(H,15,16)/b3-2+,4-1+. The lowest BCUT2D eigenvalue weighted by Crippen LogP contribution is -2.16. The van der Waals surface area contributed by atoms with E-state index in [0.29, 0.717) is 0 Å². The van der Waals surface area contributed by atoms with Gasteiger partial charge in [0.15, 0.2) is 0 Å². The Balaban J connectivity index is 5.37. The zero-order chi connectivity index (χ0) is 12.9. The van der Waals surface area contributed by atoms with Gasteiger partial charge in [0.1, 0.15) is 0 Å². The summed E-state index contributed by atoms with van der Waals surface area (Å²) in [5, 5.41) is 33.5. The van der Waals surface area contributed by atoms with Gasteiger partial charge >= 0.3 is 17.9 Å². The average molecular weight is 230 g/mol. The Morgan fingerprint density at radius 2 is 1.25 bits per heavy atom. The van der Waals surface area contributed by atoms with E-state index in [1.807, 2.05) is 0 Å². The van der Waals surface area contributed by atoms with Crippen molar-refractivity contribution in [1.82, 2.24) is 0 Å². The van der Waals surface area contributed by atoms with Crippen molar-refractivity contribution < 1.29 is 39.6 Å². The minimum atomic E-state index is -1.97. The van der Waals surface area contributed by atoms with Crippen LogP contribution < -0.4 is 0 Å². The van der Waals surface area contributed by atoms with E-state index in [-0.39, 0.29) is 12.2 Å². The van der Waals surface area contributed by atoms with Crippen LogP contribution in [0.1, 0.15) is 0 Å². The molecule has 0 heterocycles. The molecule has 0 spiro atoms. The van der Waals surface area contributed by atoms with Gasteiger partial charge in [-0.1, -0.05) is 0 Å². The summed E-state index contributed by atoms with van der Waals surface area (Å²) in [6.45, 7) is 0. The largest absolute Gasteiger partial charge is 0.502 e. The number of aliphatic hydroxyl groups is 1. The summed E-state index contributed by atoms with van der Waals surface area (Å²) < 4.78 is 0. The van der Waals surface area contributed by atoms with Crippen LogP contribution in [0, 0.1) is 0 Å². The lowest BCUT2D eigenvalue weighted by molar-refractivity contribution is -0.147. The van der Waals surface area contributed by atoms with E-state index in [9.17, 15) is 19.2 Å². The van der Waals surface area contributed by atoms with Crippen LogP contribution in [-0.4, -0.2) is 44.1 Å². The summed E-state index contributed by atoms with van der Waals surface area (Å²) in [5.41, 5.74) is -0.958. The zero-order valence-corrected chi connectivity index (χ0v) is 7.58. The Morgan fingerprint density at radius 3 is 1.56 bits per heavy atom. The minimum absolute atomic E-state index is 0.176. The molecule has 0 fully saturated rings. The molecule has 0 aliphatic rings. The number of carbonyl (C=O) groups is 4. The zero-order valence-electron chi connectivity index (χ0n) is 7.58. The van der Waals surface area contributed by atoms with Gasteiger partial charge in [0.05, 0.1) is 0 Å². The van der Waals surface area contributed by atoms with Gasteiger partial charge in [0.2, 0.25) is 5.76 Å². The van der Waals surface area contributed by atoms with Gasteiger partial charge in [-0.25, -0.2) is 14.4 Å². The number of hydrogen-bond donors (Lipinski definition) is 4. The van der Waals surface area contributed by atoms with Crippen LogP contribution >= 0.6 is 0 Å². The Kier molecular flexibility index (Phi) is 4.42. The van der Waals surface area contributed by atoms with Gasteiger partial charge in [0.25, 0.3) is 5.78 Å². The van der Waals surface area contributed by atoms with Gasteiger partial charge in [-0.3, -0.25) is 4.79 Å². The summed E-state index contributed by atoms with van der Waals surface area (Å²) in [5.74, 6) is -8.44. The predicted molar refractivity (Wildman–Crippen MR) is 46.7 cm³/mol. The smallest absolute Gasteiger partial charge is 0.377 e. The molecule has 0 aliphatic heterocycles. The van der Waals surface area contributed by atoms with Crippen LogP contribution in [0.3, 0.4) is 0 Å². The molecule has 16 heavy (non-hydrogen) atoms. The monoisotopic (exact) mass is 230 g/mol. The van der Waals surface area contributed by atoms with Gasteiger partial charge in [-0.15, -0.1) is 0 Å². The summed E-state index contributed by atoms with van der Waals surface area (Å²) >= 11 is 0. The van der Waals surface area contributed by atoms with Gasteiger partial charge in [0, 0.05) is 11.6 Å². The van der Waals surface area contributed by atoms with E-state index in [0.717, 1.165) is 0 Å². The number of carbonyl (C=O) groups excluding carboxylic acids is 1. The molecule has 0 unspecified atom stereocenters. The number of allylic oxidation sites excluding steroid dienone is 1. The van der Waals surface area contributed by atoms with Crippen LogP contribution in [0.15, 0.2) is 23.5 Å². The van der Waals surface area contributed by atoms with Crippen LogP contribution in [0.5, 0.6) is 0 Å². The molecule has 0 aliphatic carbocycles. The number of aliphatic carboxylic acids is 3. The van der Waals surface area contributed by atoms with Crippen LogP contribution in [0.25, 0.3) is 0 Å². The van der Waals surface area contributed by atoms with E-state index in [1.165, 1.54) is 0 Å². The average Bonchev–Trinajstić information content (AvgIpc) is 2.14. The maximum atomic E-state index is 10.9. The van der Waals surface area contributed by atoms with E-state index >= 15 is 0 Å². The molecule has 4 N–H and O–H groups in total. The summed E-state index contributed by atoms with van der Waals surface area (Å²) in [7, 11) is 0. The fraction of sp³-hybridized carbons (Fsp3) is 0. The molecule has 0 saturated heterocycles. The maximum absolute atomic E-state index is 10.9. The van der Waals surface area contributed by atoms with E-state index in [4.69, 9.17) is 20.4 Å². The molecule has 8 nitrogen and oxygen atoms in total. The molecular formula is C8H6O8. The first kappa shape index (κ1) is 13.4. The maximum Gasteiger partial charge on any atom is 0.377 e. The van der Waals surface area contributed by atoms with E-state index in [1.54, 1.807) is 0 Å². The first-order chi connectivity index (χ1) is 7.25. The van der Waals surface area contributed by atoms with Gasteiger partial charge < -0.3 is 20.4 Å². The fourth-order valence-electron chi connectivity index (χ4n) is 0.638. The lowest BCUT2D eigenvalue weighted by atomic mass is 10.1. The number of carboxylic acid groups (broad SMARTS) is 3. The van der Waals surface area contributed by atoms with E-state index < -0.39 is 35.0 Å². The number of carboxylic acids is 3. The van der Waals surface area contributed by atoms with Gasteiger partial charge in [-0.2, -0.15) is 0 Å². The molecule has 0 bridgehead atoms. The number of aliphatic hydroxyl groups excluding tert-OH is 1. The van der Waals surface area contributed by atoms with Crippen molar-refractivity contribution in [3.63, 3.8) is 0 Å². The lowest BCUT2D eigenvalue weighted by Gasteiger charge is -1.96. The van der Waals surface area contributed by atoms with Crippen LogP contribution in [0.4, 0.5) is 0 Å². The van der Waals surface area contributed by atoms with Crippen molar-refractivity contribution in [1.29, 1.82) is 0 Å². The fourth-order valence-corrected chi connectivity index (χ4v) is 0.638. The second-order valence-corrected chi connectivity index (χ2v) is 2.41. The molecule has 0 amide bonds. The quantitative estimate of drug-likeness (QED) is 0.207. The highest BCUT2D eigenvalue weighted by atomic mass is 16.4. The molecule has 0 aromatic heterocycles. The van der Waals surface area contributed by atoms with Gasteiger partial charge in [-0.05, 0) is 6.08 Å².